The lowest BCUT2D eigenvalue weighted by Gasteiger charge is -2.29. The van der Waals surface area contributed by atoms with Crippen molar-refractivity contribution in [2.75, 3.05) is 0 Å². The van der Waals surface area contributed by atoms with E-state index < -0.39 is 17.7 Å². The normalized spacial score (nSPS) is 21.5. The lowest BCUT2D eigenvalue weighted by Crippen LogP contribution is -2.40. The second-order valence-electron chi connectivity index (χ2n) is 7.46. The van der Waals surface area contributed by atoms with Crippen LogP contribution in [0.25, 0.3) is 0 Å². The predicted octanol–water partition coefficient (Wildman–Crippen LogP) is 2.39. The summed E-state index contributed by atoms with van der Waals surface area (Å²) in [5.41, 5.74) is 10.3. The molecule has 0 heterocycles. The molecule has 0 aliphatic heterocycles. The fraction of sp³-hybridized carbons (Fsp3) is 0.842. The van der Waals surface area contributed by atoms with Crippen LogP contribution in [0.4, 0.5) is 0 Å². The first-order valence-electron chi connectivity index (χ1n) is 9.79. The third-order valence-corrected chi connectivity index (χ3v) is 5.21. The third-order valence-electron chi connectivity index (χ3n) is 5.21. The lowest BCUT2D eigenvalue weighted by atomic mass is 9.83. The number of carbonyl (C=O) groups excluding carboxylic acids is 3. The van der Waals surface area contributed by atoms with Crippen LogP contribution in [0.1, 0.15) is 84.0 Å². The summed E-state index contributed by atoms with van der Waals surface area (Å²) in [4.78, 5) is 34.3. The van der Waals surface area contributed by atoms with Crippen molar-refractivity contribution in [1.82, 2.24) is 5.32 Å². The highest BCUT2D eigenvalue weighted by atomic mass is 16.2. The Morgan fingerprint density at radius 3 is 2.16 bits per heavy atom. The van der Waals surface area contributed by atoms with Crippen molar-refractivity contribution in [3.05, 3.63) is 0 Å². The summed E-state index contributed by atoms with van der Waals surface area (Å²) in [6.45, 7) is 2.23. The minimum atomic E-state index is -0.808. The minimum absolute atomic E-state index is 0.0599. The van der Waals surface area contributed by atoms with Gasteiger partial charge in [0, 0.05) is 18.9 Å². The van der Waals surface area contributed by atoms with Gasteiger partial charge in [-0.2, -0.15) is 0 Å². The van der Waals surface area contributed by atoms with E-state index in [9.17, 15) is 14.4 Å². The van der Waals surface area contributed by atoms with Crippen LogP contribution in [-0.2, 0) is 14.4 Å². The molecule has 1 fully saturated rings. The largest absolute Gasteiger partial charge is 0.370 e. The van der Waals surface area contributed by atoms with Crippen molar-refractivity contribution < 1.29 is 14.4 Å². The van der Waals surface area contributed by atoms with Crippen LogP contribution in [0, 0.1) is 11.8 Å². The van der Waals surface area contributed by atoms with E-state index in [4.69, 9.17) is 11.5 Å². The standard InChI is InChI=1S/C19H35N3O3/c1-2-3-4-5-6-7-14-8-10-16(11-9-14)22-18(24)13-15(19(21)25)12-17(20)23/h14-16H,2-13H2,1H3,(H2,20,23)(H2,21,25)(H,22,24). The number of primary amides is 2. The van der Waals surface area contributed by atoms with Crippen molar-refractivity contribution in [1.29, 1.82) is 0 Å². The van der Waals surface area contributed by atoms with Gasteiger partial charge in [0.1, 0.15) is 0 Å². The molecule has 1 aliphatic rings. The maximum atomic E-state index is 12.1. The van der Waals surface area contributed by atoms with Crippen molar-refractivity contribution in [3.8, 4) is 0 Å². The van der Waals surface area contributed by atoms with Gasteiger partial charge in [0.25, 0.3) is 0 Å². The molecular formula is C19H35N3O3. The van der Waals surface area contributed by atoms with Crippen LogP contribution in [0.2, 0.25) is 0 Å². The molecule has 0 aromatic carbocycles. The van der Waals surface area contributed by atoms with Gasteiger partial charge in [-0.15, -0.1) is 0 Å². The highest BCUT2D eigenvalue weighted by Gasteiger charge is 2.25. The zero-order valence-corrected chi connectivity index (χ0v) is 15.6. The number of unbranched alkanes of at least 4 members (excludes halogenated alkanes) is 4. The molecule has 0 aromatic rings. The Labute approximate surface area is 151 Å². The van der Waals surface area contributed by atoms with Gasteiger partial charge in [-0.25, -0.2) is 0 Å². The molecule has 6 nitrogen and oxygen atoms in total. The molecule has 1 unspecified atom stereocenters. The third kappa shape index (κ3) is 9.46. The first-order chi connectivity index (χ1) is 11.9. The summed E-state index contributed by atoms with van der Waals surface area (Å²) >= 11 is 0. The highest BCUT2D eigenvalue weighted by molar-refractivity contribution is 5.88. The number of rotatable bonds is 12. The summed E-state index contributed by atoms with van der Waals surface area (Å²) < 4.78 is 0. The highest BCUT2D eigenvalue weighted by Crippen LogP contribution is 2.28. The van der Waals surface area contributed by atoms with E-state index in [2.05, 4.69) is 12.2 Å². The second kappa shape index (κ2) is 11.9. The zero-order chi connectivity index (χ0) is 18.7. The summed E-state index contributed by atoms with van der Waals surface area (Å²) in [6, 6.07) is 0.172. The number of carbonyl (C=O) groups is 3. The van der Waals surface area contributed by atoms with Crippen LogP contribution in [-0.4, -0.2) is 23.8 Å². The van der Waals surface area contributed by atoms with Gasteiger partial charge in [-0.1, -0.05) is 45.4 Å². The van der Waals surface area contributed by atoms with Crippen molar-refractivity contribution in [2.24, 2.45) is 23.3 Å². The molecule has 0 bridgehead atoms. The van der Waals surface area contributed by atoms with Crippen LogP contribution in [0.5, 0.6) is 0 Å². The fourth-order valence-corrected chi connectivity index (χ4v) is 3.66. The Hall–Kier alpha value is -1.59. The summed E-state index contributed by atoms with van der Waals surface area (Å²) in [5.74, 6) is -1.51. The second-order valence-corrected chi connectivity index (χ2v) is 7.46. The number of hydrogen-bond donors (Lipinski definition) is 3. The molecule has 0 radical (unpaired) electrons. The number of amides is 3. The molecule has 1 atom stereocenters. The van der Waals surface area contributed by atoms with E-state index in [1.165, 1.54) is 38.5 Å². The van der Waals surface area contributed by atoms with Crippen LogP contribution >= 0.6 is 0 Å². The van der Waals surface area contributed by atoms with Gasteiger partial charge in [0.15, 0.2) is 0 Å². The SMILES string of the molecule is CCCCCCCC1CCC(NC(=O)CC(CC(N)=O)C(N)=O)CC1. The van der Waals surface area contributed by atoms with Crippen molar-refractivity contribution in [3.63, 3.8) is 0 Å². The molecule has 1 rings (SSSR count). The van der Waals surface area contributed by atoms with Crippen molar-refractivity contribution in [2.45, 2.75) is 90.0 Å². The quantitative estimate of drug-likeness (QED) is 0.468. The summed E-state index contributed by atoms with van der Waals surface area (Å²) in [6.07, 6.45) is 11.9. The topological polar surface area (TPSA) is 115 Å². The summed E-state index contributed by atoms with van der Waals surface area (Å²) in [5, 5.41) is 2.98. The first kappa shape index (κ1) is 21.5. The number of hydrogen-bond acceptors (Lipinski definition) is 3. The Bertz CT molecular complexity index is 432. The first-order valence-corrected chi connectivity index (χ1v) is 9.79. The van der Waals surface area contributed by atoms with Gasteiger partial charge in [0.05, 0.1) is 5.92 Å². The molecular weight excluding hydrogens is 318 g/mol. The van der Waals surface area contributed by atoms with Crippen LogP contribution < -0.4 is 16.8 Å². The Balaban J connectivity index is 2.23. The van der Waals surface area contributed by atoms with E-state index in [1.807, 2.05) is 0 Å². The Kier molecular flexibility index (Phi) is 10.2. The fourth-order valence-electron chi connectivity index (χ4n) is 3.66. The van der Waals surface area contributed by atoms with Gasteiger partial charge >= 0.3 is 0 Å². The van der Waals surface area contributed by atoms with E-state index >= 15 is 0 Å². The molecule has 25 heavy (non-hydrogen) atoms. The molecule has 144 valence electrons. The molecule has 0 aromatic heterocycles. The van der Waals surface area contributed by atoms with Gasteiger partial charge < -0.3 is 16.8 Å². The van der Waals surface area contributed by atoms with Gasteiger partial charge in [-0.3, -0.25) is 14.4 Å². The number of nitrogens with one attached hydrogen (secondary N) is 1. The predicted molar refractivity (Wildman–Crippen MR) is 98.4 cm³/mol. The van der Waals surface area contributed by atoms with Crippen LogP contribution in [0.3, 0.4) is 0 Å². The zero-order valence-electron chi connectivity index (χ0n) is 15.6. The molecule has 0 saturated heterocycles. The maximum Gasteiger partial charge on any atom is 0.221 e. The average Bonchev–Trinajstić information content (AvgIpc) is 2.55. The Morgan fingerprint density at radius 2 is 1.60 bits per heavy atom. The maximum absolute atomic E-state index is 12.1. The molecule has 6 heteroatoms. The lowest BCUT2D eigenvalue weighted by molar-refractivity contribution is -0.131. The molecule has 1 saturated carbocycles. The van der Waals surface area contributed by atoms with E-state index in [-0.39, 0.29) is 24.8 Å². The molecule has 1 aliphatic carbocycles. The molecule has 0 spiro atoms. The average molecular weight is 354 g/mol. The van der Waals surface area contributed by atoms with Gasteiger partial charge in [-0.05, 0) is 31.6 Å². The summed E-state index contributed by atoms with van der Waals surface area (Å²) in [7, 11) is 0. The van der Waals surface area contributed by atoms with E-state index in [1.54, 1.807) is 0 Å². The number of nitrogens with two attached hydrogens (primary N) is 2. The van der Waals surface area contributed by atoms with E-state index in [0.717, 1.165) is 31.6 Å². The van der Waals surface area contributed by atoms with Gasteiger partial charge in [0.2, 0.25) is 17.7 Å². The minimum Gasteiger partial charge on any atom is -0.370 e. The van der Waals surface area contributed by atoms with Crippen LogP contribution in [0.15, 0.2) is 0 Å². The molecule has 3 amide bonds. The van der Waals surface area contributed by atoms with Crippen molar-refractivity contribution >= 4 is 17.7 Å². The molecule has 5 N–H and O–H groups in total. The Morgan fingerprint density at radius 1 is 0.960 bits per heavy atom. The monoisotopic (exact) mass is 353 g/mol. The smallest absolute Gasteiger partial charge is 0.221 e. The van der Waals surface area contributed by atoms with E-state index in [0.29, 0.717) is 0 Å².